The zero-order valence-electron chi connectivity index (χ0n) is 14.7. The minimum Gasteiger partial charge on any atom is -0.328 e. The molecule has 2 nitrogen and oxygen atoms in total. The molecule has 118 valence electrons. The Kier molecular flexibility index (Phi) is 4.79. The van der Waals surface area contributed by atoms with Crippen molar-refractivity contribution < 1.29 is 0 Å². The normalized spacial score (nSPS) is 24.3. The maximum absolute atomic E-state index is 6.08. The molecule has 2 atom stereocenters. The van der Waals surface area contributed by atoms with Crippen LogP contribution < -0.4 is 5.73 Å². The lowest BCUT2D eigenvalue weighted by molar-refractivity contribution is 0.139. The number of nitrogens with zero attached hydrogens (tertiary/aromatic N) is 1. The molecule has 0 radical (unpaired) electrons. The average molecular weight is 288 g/mol. The third kappa shape index (κ3) is 3.87. The van der Waals surface area contributed by atoms with Crippen molar-refractivity contribution in [2.75, 3.05) is 6.54 Å². The summed E-state index contributed by atoms with van der Waals surface area (Å²) in [6, 6.07) is 5.74. The Labute approximate surface area is 130 Å². The minimum absolute atomic E-state index is 0.221. The largest absolute Gasteiger partial charge is 0.328 e. The van der Waals surface area contributed by atoms with E-state index in [0.29, 0.717) is 12.1 Å². The predicted molar refractivity (Wildman–Crippen MR) is 91.7 cm³/mol. The van der Waals surface area contributed by atoms with E-state index in [1.807, 2.05) is 0 Å². The number of rotatable bonds is 2. The van der Waals surface area contributed by atoms with Crippen molar-refractivity contribution in [3.8, 4) is 0 Å². The SMILES string of the molecule is Cc1cc(C(C)(C)C)cc(C)c1CN1CCC(N)CC1C. The van der Waals surface area contributed by atoms with Gasteiger partial charge in [-0.05, 0) is 61.3 Å². The molecule has 2 heteroatoms. The van der Waals surface area contributed by atoms with Crippen LogP contribution in [0.4, 0.5) is 0 Å². The highest BCUT2D eigenvalue weighted by atomic mass is 15.2. The molecule has 0 amide bonds. The molecule has 0 aliphatic carbocycles. The monoisotopic (exact) mass is 288 g/mol. The summed E-state index contributed by atoms with van der Waals surface area (Å²) in [4.78, 5) is 2.59. The van der Waals surface area contributed by atoms with Gasteiger partial charge in [0.2, 0.25) is 0 Å². The average Bonchev–Trinajstić information content (AvgIpc) is 2.34. The van der Waals surface area contributed by atoms with E-state index in [4.69, 9.17) is 5.73 Å². The Morgan fingerprint density at radius 2 is 1.76 bits per heavy atom. The molecule has 2 unspecified atom stereocenters. The van der Waals surface area contributed by atoms with Gasteiger partial charge in [-0.3, -0.25) is 4.90 Å². The van der Waals surface area contributed by atoms with Gasteiger partial charge in [0, 0.05) is 25.2 Å². The van der Waals surface area contributed by atoms with Crippen LogP contribution in [0.5, 0.6) is 0 Å². The first-order chi connectivity index (χ1) is 9.68. The van der Waals surface area contributed by atoms with E-state index < -0.39 is 0 Å². The molecule has 1 aliphatic rings. The number of hydrogen-bond acceptors (Lipinski definition) is 2. The van der Waals surface area contributed by atoms with Crippen LogP contribution in [0.25, 0.3) is 0 Å². The Bertz CT molecular complexity index is 476. The second-order valence-electron chi connectivity index (χ2n) is 7.94. The molecule has 1 aromatic rings. The van der Waals surface area contributed by atoms with Gasteiger partial charge < -0.3 is 5.73 Å². The smallest absolute Gasteiger partial charge is 0.0241 e. The number of hydrogen-bond donors (Lipinski definition) is 1. The molecule has 2 N–H and O–H groups in total. The molecule has 1 heterocycles. The van der Waals surface area contributed by atoms with Gasteiger partial charge in [0.05, 0.1) is 0 Å². The summed E-state index contributed by atoms with van der Waals surface area (Å²) in [6.45, 7) is 15.9. The minimum atomic E-state index is 0.221. The Hall–Kier alpha value is -0.860. The van der Waals surface area contributed by atoms with E-state index in [1.165, 1.54) is 22.3 Å². The molecular formula is C19H32N2. The standard InChI is InChI=1S/C19H32N2/c1-13-9-16(19(4,5)6)10-14(2)18(13)12-21-8-7-17(20)11-15(21)3/h9-10,15,17H,7-8,11-12,20H2,1-6H3. The zero-order chi connectivity index (χ0) is 15.8. The summed E-state index contributed by atoms with van der Waals surface area (Å²) in [5, 5.41) is 0. The first kappa shape index (κ1) is 16.5. The van der Waals surface area contributed by atoms with Crippen LogP contribution >= 0.6 is 0 Å². The van der Waals surface area contributed by atoms with Gasteiger partial charge in [-0.25, -0.2) is 0 Å². The fraction of sp³-hybridized carbons (Fsp3) is 0.684. The molecular weight excluding hydrogens is 256 g/mol. The second kappa shape index (κ2) is 6.10. The molecule has 2 rings (SSSR count). The summed E-state index contributed by atoms with van der Waals surface area (Å²) in [6.07, 6.45) is 2.25. The van der Waals surface area contributed by atoms with Gasteiger partial charge >= 0.3 is 0 Å². The van der Waals surface area contributed by atoms with E-state index in [9.17, 15) is 0 Å². The van der Waals surface area contributed by atoms with Crippen LogP contribution in [0.3, 0.4) is 0 Å². The quantitative estimate of drug-likeness (QED) is 0.894. The van der Waals surface area contributed by atoms with Crippen molar-refractivity contribution in [2.45, 2.75) is 78.4 Å². The third-order valence-electron chi connectivity index (χ3n) is 4.98. The molecule has 1 fully saturated rings. The number of benzene rings is 1. The Morgan fingerprint density at radius 3 is 2.24 bits per heavy atom. The highest BCUT2D eigenvalue weighted by molar-refractivity contribution is 5.40. The Morgan fingerprint density at radius 1 is 1.19 bits per heavy atom. The predicted octanol–water partition coefficient (Wildman–Crippen LogP) is 3.91. The number of piperidine rings is 1. The lowest BCUT2D eigenvalue weighted by Crippen LogP contribution is -2.45. The van der Waals surface area contributed by atoms with Crippen molar-refractivity contribution in [3.63, 3.8) is 0 Å². The van der Waals surface area contributed by atoms with Crippen LogP contribution in [0.15, 0.2) is 12.1 Å². The van der Waals surface area contributed by atoms with Crippen LogP contribution in [-0.2, 0) is 12.0 Å². The van der Waals surface area contributed by atoms with E-state index in [-0.39, 0.29) is 5.41 Å². The number of nitrogens with two attached hydrogens (primary N) is 1. The molecule has 0 saturated carbocycles. The topological polar surface area (TPSA) is 29.3 Å². The van der Waals surface area contributed by atoms with E-state index >= 15 is 0 Å². The fourth-order valence-electron chi connectivity index (χ4n) is 3.37. The summed E-state index contributed by atoms with van der Waals surface area (Å²) >= 11 is 0. The summed E-state index contributed by atoms with van der Waals surface area (Å²) in [5.41, 5.74) is 12.1. The van der Waals surface area contributed by atoms with Gasteiger partial charge in [0.25, 0.3) is 0 Å². The molecule has 0 bridgehead atoms. The molecule has 1 saturated heterocycles. The molecule has 21 heavy (non-hydrogen) atoms. The third-order valence-corrected chi connectivity index (χ3v) is 4.98. The van der Waals surface area contributed by atoms with Crippen LogP contribution in [0.2, 0.25) is 0 Å². The molecule has 1 aliphatic heterocycles. The van der Waals surface area contributed by atoms with Crippen molar-refractivity contribution in [1.82, 2.24) is 4.90 Å². The first-order valence-corrected chi connectivity index (χ1v) is 8.28. The maximum Gasteiger partial charge on any atom is 0.0241 e. The van der Waals surface area contributed by atoms with Gasteiger partial charge in [-0.1, -0.05) is 32.9 Å². The summed E-state index contributed by atoms with van der Waals surface area (Å²) in [7, 11) is 0. The highest BCUT2D eigenvalue weighted by Crippen LogP contribution is 2.28. The first-order valence-electron chi connectivity index (χ1n) is 8.28. The fourth-order valence-corrected chi connectivity index (χ4v) is 3.37. The number of likely N-dealkylation sites (tertiary alicyclic amines) is 1. The zero-order valence-corrected chi connectivity index (χ0v) is 14.7. The van der Waals surface area contributed by atoms with E-state index in [2.05, 4.69) is 58.6 Å². The summed E-state index contributed by atoms with van der Waals surface area (Å²) in [5.74, 6) is 0. The number of aryl methyl sites for hydroxylation is 2. The van der Waals surface area contributed by atoms with Gasteiger partial charge in [-0.2, -0.15) is 0 Å². The van der Waals surface area contributed by atoms with Crippen LogP contribution in [-0.4, -0.2) is 23.5 Å². The molecule has 1 aromatic carbocycles. The summed E-state index contributed by atoms with van der Waals surface area (Å²) < 4.78 is 0. The maximum atomic E-state index is 6.08. The van der Waals surface area contributed by atoms with Gasteiger partial charge in [0.15, 0.2) is 0 Å². The Balaban J connectivity index is 2.21. The van der Waals surface area contributed by atoms with Crippen molar-refractivity contribution in [1.29, 1.82) is 0 Å². The van der Waals surface area contributed by atoms with E-state index in [0.717, 1.165) is 25.9 Å². The van der Waals surface area contributed by atoms with Crippen molar-refractivity contribution in [3.05, 3.63) is 34.4 Å². The highest BCUT2D eigenvalue weighted by Gasteiger charge is 2.24. The van der Waals surface area contributed by atoms with Crippen LogP contribution in [0, 0.1) is 13.8 Å². The molecule has 0 aromatic heterocycles. The second-order valence-corrected chi connectivity index (χ2v) is 7.94. The lowest BCUT2D eigenvalue weighted by atomic mass is 9.83. The van der Waals surface area contributed by atoms with Gasteiger partial charge in [0.1, 0.15) is 0 Å². The van der Waals surface area contributed by atoms with Crippen LogP contribution in [0.1, 0.15) is 62.8 Å². The van der Waals surface area contributed by atoms with Crippen molar-refractivity contribution in [2.24, 2.45) is 5.73 Å². The van der Waals surface area contributed by atoms with Gasteiger partial charge in [-0.15, -0.1) is 0 Å². The lowest BCUT2D eigenvalue weighted by Gasteiger charge is -2.37. The van der Waals surface area contributed by atoms with Crippen molar-refractivity contribution >= 4 is 0 Å². The van der Waals surface area contributed by atoms with E-state index in [1.54, 1.807) is 0 Å². The molecule has 0 spiro atoms.